The molecule has 0 aliphatic carbocycles. The van der Waals surface area contributed by atoms with E-state index >= 15 is 0 Å². The predicted molar refractivity (Wildman–Crippen MR) is 79.4 cm³/mol. The Bertz CT molecular complexity index is 562. The molecule has 8 heteroatoms. The third kappa shape index (κ3) is 3.30. The van der Waals surface area contributed by atoms with Gasteiger partial charge in [0.15, 0.2) is 6.23 Å². The van der Waals surface area contributed by atoms with Gasteiger partial charge in [0.25, 0.3) is 0 Å². The van der Waals surface area contributed by atoms with Gasteiger partial charge in [-0.1, -0.05) is 6.92 Å². The van der Waals surface area contributed by atoms with Crippen molar-refractivity contribution in [2.45, 2.75) is 32.3 Å². The quantitative estimate of drug-likeness (QED) is 0.693. The van der Waals surface area contributed by atoms with Gasteiger partial charge in [-0.2, -0.15) is 4.98 Å². The second kappa shape index (κ2) is 7.19. The standard InChI is InChI=1S/C14H23N3O5/c1-8-6-17(14(19)16-12(8)15)13-11(21-5-4-20-3)9(2)10(7-18)22-13/h6,9-11,13,18H,4-5,7H2,1-3H3,(H2,15,16,19). The summed E-state index contributed by atoms with van der Waals surface area (Å²) in [5.74, 6) is 0.125. The predicted octanol–water partition coefficient (Wildman–Crippen LogP) is -0.309. The Morgan fingerprint density at radius 1 is 1.50 bits per heavy atom. The molecule has 0 saturated carbocycles. The second-order valence-corrected chi connectivity index (χ2v) is 5.43. The van der Waals surface area contributed by atoms with Gasteiger partial charge in [-0.05, 0) is 6.92 Å². The number of nitrogen functional groups attached to an aromatic ring is 1. The molecule has 1 aromatic rings. The summed E-state index contributed by atoms with van der Waals surface area (Å²) in [6.07, 6.45) is 0.175. The Morgan fingerprint density at radius 3 is 2.86 bits per heavy atom. The summed E-state index contributed by atoms with van der Waals surface area (Å²) < 4.78 is 17.9. The van der Waals surface area contributed by atoms with Gasteiger partial charge in [0.2, 0.25) is 0 Å². The largest absolute Gasteiger partial charge is 0.394 e. The average molecular weight is 313 g/mol. The molecule has 1 aliphatic rings. The SMILES string of the molecule is COCCOC1C(C)C(CO)OC1n1cc(C)c(N)nc1=O. The van der Waals surface area contributed by atoms with Crippen LogP contribution in [0.3, 0.4) is 0 Å². The van der Waals surface area contributed by atoms with Crippen LogP contribution in [0.25, 0.3) is 0 Å². The van der Waals surface area contributed by atoms with Gasteiger partial charge in [-0.25, -0.2) is 4.79 Å². The van der Waals surface area contributed by atoms with Crippen molar-refractivity contribution < 1.29 is 19.3 Å². The van der Waals surface area contributed by atoms with Gasteiger partial charge in [0, 0.05) is 24.8 Å². The maximum Gasteiger partial charge on any atom is 0.351 e. The molecule has 0 amide bonds. The van der Waals surface area contributed by atoms with Crippen LogP contribution in [-0.2, 0) is 14.2 Å². The van der Waals surface area contributed by atoms with E-state index in [1.54, 1.807) is 20.2 Å². The number of aryl methyl sites for hydroxylation is 1. The van der Waals surface area contributed by atoms with Crippen molar-refractivity contribution in [2.24, 2.45) is 5.92 Å². The van der Waals surface area contributed by atoms with Crippen LogP contribution >= 0.6 is 0 Å². The number of ether oxygens (including phenoxy) is 3. The maximum absolute atomic E-state index is 12.1. The van der Waals surface area contributed by atoms with E-state index in [1.165, 1.54) is 4.57 Å². The molecule has 0 bridgehead atoms. The lowest BCUT2D eigenvalue weighted by molar-refractivity contribution is -0.0793. The van der Waals surface area contributed by atoms with Crippen LogP contribution in [0.5, 0.6) is 0 Å². The molecule has 2 heterocycles. The highest BCUT2D eigenvalue weighted by atomic mass is 16.6. The van der Waals surface area contributed by atoms with E-state index in [2.05, 4.69) is 4.98 Å². The fourth-order valence-electron chi connectivity index (χ4n) is 2.55. The molecule has 22 heavy (non-hydrogen) atoms. The van der Waals surface area contributed by atoms with Crippen molar-refractivity contribution >= 4 is 5.82 Å². The second-order valence-electron chi connectivity index (χ2n) is 5.43. The van der Waals surface area contributed by atoms with Crippen LogP contribution in [0.2, 0.25) is 0 Å². The molecule has 0 spiro atoms. The Morgan fingerprint density at radius 2 is 2.23 bits per heavy atom. The number of rotatable bonds is 6. The Labute approximate surface area is 128 Å². The number of nitrogens with two attached hydrogens (primary N) is 1. The summed E-state index contributed by atoms with van der Waals surface area (Å²) in [6, 6.07) is 0. The molecule has 2 rings (SSSR count). The van der Waals surface area contributed by atoms with E-state index in [1.807, 2.05) is 6.92 Å². The van der Waals surface area contributed by atoms with E-state index in [9.17, 15) is 9.90 Å². The molecule has 3 N–H and O–H groups in total. The Kier molecular flexibility index (Phi) is 5.52. The minimum Gasteiger partial charge on any atom is -0.394 e. The number of methoxy groups -OCH3 is 1. The van der Waals surface area contributed by atoms with Crippen LogP contribution in [0, 0.1) is 12.8 Å². The summed E-state index contributed by atoms with van der Waals surface area (Å²) in [4.78, 5) is 15.9. The van der Waals surface area contributed by atoms with Gasteiger partial charge in [0.05, 0.1) is 25.9 Å². The number of aliphatic hydroxyl groups excluding tert-OH is 1. The van der Waals surface area contributed by atoms with Crippen LogP contribution in [0.4, 0.5) is 5.82 Å². The average Bonchev–Trinajstić information content (AvgIpc) is 2.80. The first-order valence-electron chi connectivity index (χ1n) is 7.21. The molecule has 124 valence electrons. The van der Waals surface area contributed by atoms with Gasteiger partial charge in [-0.3, -0.25) is 4.57 Å². The lowest BCUT2D eigenvalue weighted by Gasteiger charge is -2.23. The number of aromatic nitrogens is 2. The third-order valence-electron chi connectivity index (χ3n) is 3.93. The fraction of sp³-hybridized carbons (Fsp3) is 0.714. The minimum atomic E-state index is -0.650. The van der Waals surface area contributed by atoms with E-state index in [-0.39, 0.29) is 24.4 Å². The number of hydrogen-bond acceptors (Lipinski definition) is 7. The van der Waals surface area contributed by atoms with E-state index < -0.39 is 18.0 Å². The first-order valence-corrected chi connectivity index (χ1v) is 7.21. The highest BCUT2D eigenvalue weighted by Gasteiger charge is 2.43. The summed E-state index contributed by atoms with van der Waals surface area (Å²) in [6.45, 7) is 4.35. The van der Waals surface area contributed by atoms with Gasteiger partial charge in [0.1, 0.15) is 11.9 Å². The van der Waals surface area contributed by atoms with Crippen molar-refractivity contribution in [3.05, 3.63) is 22.2 Å². The van der Waals surface area contributed by atoms with Crippen molar-refractivity contribution in [3.63, 3.8) is 0 Å². The number of hydrogen-bond donors (Lipinski definition) is 2. The van der Waals surface area contributed by atoms with E-state index in [0.29, 0.717) is 18.8 Å². The molecule has 1 saturated heterocycles. The highest BCUT2D eigenvalue weighted by molar-refractivity contribution is 5.35. The normalized spacial score (nSPS) is 28.2. The number of aliphatic hydroxyl groups is 1. The summed E-state index contributed by atoms with van der Waals surface area (Å²) >= 11 is 0. The summed E-state index contributed by atoms with van der Waals surface area (Å²) in [5.41, 5.74) is 5.83. The van der Waals surface area contributed by atoms with Crippen molar-refractivity contribution in [1.29, 1.82) is 0 Å². The molecule has 0 radical (unpaired) electrons. The monoisotopic (exact) mass is 313 g/mol. The van der Waals surface area contributed by atoms with Crippen molar-refractivity contribution in [3.8, 4) is 0 Å². The first kappa shape index (κ1) is 16.9. The summed E-state index contributed by atoms with van der Waals surface area (Å²) in [7, 11) is 1.59. The molecular weight excluding hydrogens is 290 g/mol. The topological polar surface area (TPSA) is 109 Å². The Hall–Kier alpha value is -1.48. The van der Waals surface area contributed by atoms with Crippen LogP contribution < -0.4 is 11.4 Å². The molecule has 4 atom stereocenters. The lowest BCUT2D eigenvalue weighted by atomic mass is 10.0. The maximum atomic E-state index is 12.1. The zero-order chi connectivity index (χ0) is 16.3. The van der Waals surface area contributed by atoms with Crippen molar-refractivity contribution in [2.75, 3.05) is 32.7 Å². The highest BCUT2D eigenvalue weighted by Crippen LogP contribution is 2.35. The first-order chi connectivity index (χ1) is 10.5. The minimum absolute atomic E-state index is 0.0726. The molecule has 4 unspecified atom stereocenters. The lowest BCUT2D eigenvalue weighted by Crippen LogP contribution is -2.35. The molecule has 1 aliphatic heterocycles. The molecule has 1 aromatic heterocycles. The summed E-state index contributed by atoms with van der Waals surface area (Å²) in [5, 5.41) is 9.43. The smallest absolute Gasteiger partial charge is 0.351 e. The molecule has 0 aromatic carbocycles. The van der Waals surface area contributed by atoms with Gasteiger partial charge < -0.3 is 25.1 Å². The van der Waals surface area contributed by atoms with E-state index in [0.717, 1.165) is 0 Å². The van der Waals surface area contributed by atoms with Crippen LogP contribution in [-0.4, -0.2) is 53.8 Å². The molecule has 8 nitrogen and oxygen atoms in total. The van der Waals surface area contributed by atoms with E-state index in [4.69, 9.17) is 19.9 Å². The Balaban J connectivity index is 2.29. The zero-order valence-electron chi connectivity index (χ0n) is 13.1. The van der Waals surface area contributed by atoms with Crippen LogP contribution in [0.1, 0.15) is 18.7 Å². The number of anilines is 1. The fourth-order valence-corrected chi connectivity index (χ4v) is 2.55. The molecular formula is C14H23N3O5. The third-order valence-corrected chi connectivity index (χ3v) is 3.93. The van der Waals surface area contributed by atoms with Gasteiger partial charge in [-0.15, -0.1) is 0 Å². The number of nitrogens with zero attached hydrogens (tertiary/aromatic N) is 2. The van der Waals surface area contributed by atoms with Gasteiger partial charge >= 0.3 is 5.69 Å². The zero-order valence-corrected chi connectivity index (χ0v) is 13.1. The van der Waals surface area contributed by atoms with Crippen molar-refractivity contribution in [1.82, 2.24) is 9.55 Å². The molecule has 1 fully saturated rings. The van der Waals surface area contributed by atoms with Crippen LogP contribution in [0.15, 0.2) is 11.0 Å².